The van der Waals surface area contributed by atoms with Crippen molar-refractivity contribution in [2.45, 2.75) is 96.2 Å². The monoisotopic (exact) mass is 646 g/mol. The smallest absolute Gasteiger partial charge is 0.338 e. The minimum Gasteiger partial charge on any atom is -0.456 e. The van der Waals surface area contributed by atoms with Crippen molar-refractivity contribution < 1.29 is 23.8 Å². The molecule has 0 radical (unpaired) electrons. The maximum atomic E-state index is 15.2. The van der Waals surface area contributed by atoms with Crippen LogP contribution >= 0.6 is 0 Å². The molecule has 4 aromatic rings. The second-order valence-electron chi connectivity index (χ2n) is 14.3. The van der Waals surface area contributed by atoms with Gasteiger partial charge in [0.15, 0.2) is 5.79 Å². The Hall–Kier alpha value is -4.46. The van der Waals surface area contributed by atoms with Gasteiger partial charge in [0, 0.05) is 13.1 Å². The molecular weight excluding hydrogens is 600 g/mol. The minimum absolute atomic E-state index is 0.0946. The van der Waals surface area contributed by atoms with Crippen molar-refractivity contribution in [1.82, 2.24) is 9.80 Å². The van der Waals surface area contributed by atoms with Crippen LogP contribution in [-0.2, 0) is 40.1 Å². The van der Waals surface area contributed by atoms with Crippen molar-refractivity contribution in [2.75, 3.05) is 0 Å². The Morgan fingerprint density at radius 3 is 1.58 bits per heavy atom. The van der Waals surface area contributed by atoms with E-state index in [9.17, 15) is 4.79 Å². The van der Waals surface area contributed by atoms with E-state index < -0.39 is 23.5 Å². The predicted octanol–water partition coefficient (Wildman–Crippen LogP) is 7.82. The molecular formula is C41H46N2O5. The number of urea groups is 1. The van der Waals surface area contributed by atoms with E-state index in [1.807, 2.05) is 117 Å². The van der Waals surface area contributed by atoms with Crippen molar-refractivity contribution >= 4 is 12.0 Å². The van der Waals surface area contributed by atoms with Crippen molar-refractivity contribution in [3.8, 4) is 0 Å². The van der Waals surface area contributed by atoms with E-state index in [4.69, 9.17) is 14.2 Å². The zero-order valence-corrected chi connectivity index (χ0v) is 28.5. The number of ether oxygens (including phenoxy) is 3. The van der Waals surface area contributed by atoms with E-state index in [0.29, 0.717) is 24.9 Å². The predicted molar refractivity (Wildman–Crippen MR) is 186 cm³/mol. The van der Waals surface area contributed by atoms with E-state index in [2.05, 4.69) is 36.4 Å². The van der Waals surface area contributed by atoms with Crippen LogP contribution in [0, 0.1) is 0 Å². The number of rotatable bonds is 9. The molecule has 4 atom stereocenters. The molecule has 6 rings (SSSR count). The molecule has 7 heteroatoms. The summed E-state index contributed by atoms with van der Waals surface area (Å²) in [5.74, 6) is -1.24. The van der Waals surface area contributed by atoms with Crippen molar-refractivity contribution in [1.29, 1.82) is 0 Å². The minimum atomic E-state index is -0.847. The molecule has 0 unspecified atom stereocenters. The van der Waals surface area contributed by atoms with Gasteiger partial charge in [0.2, 0.25) is 0 Å². The van der Waals surface area contributed by atoms with Gasteiger partial charge in [-0.15, -0.1) is 0 Å². The van der Waals surface area contributed by atoms with Gasteiger partial charge >= 0.3 is 12.0 Å². The Bertz CT molecular complexity index is 1690. The van der Waals surface area contributed by atoms with E-state index in [1.165, 1.54) is 0 Å². The van der Waals surface area contributed by atoms with Crippen LogP contribution in [0.5, 0.6) is 0 Å². The molecule has 7 nitrogen and oxygen atoms in total. The SMILES string of the molecule is CC(C)(C)OC(=O)c1cccc(CN2C(=O)N(Cc3ccccc3)[C@H](Cc3ccccc3)[C@@H]3OC(C)(C)O[C@H]3[C@H]2Cc2ccccc2)c1. The maximum Gasteiger partial charge on any atom is 0.338 e. The Labute approximate surface area is 284 Å². The molecule has 0 saturated carbocycles. The van der Waals surface area contributed by atoms with Gasteiger partial charge in [-0.25, -0.2) is 9.59 Å². The lowest BCUT2D eigenvalue weighted by Gasteiger charge is -2.37. The molecule has 0 aromatic heterocycles. The van der Waals surface area contributed by atoms with Crippen LogP contribution in [0.3, 0.4) is 0 Å². The van der Waals surface area contributed by atoms with Crippen molar-refractivity contribution in [3.63, 3.8) is 0 Å². The topological polar surface area (TPSA) is 68.3 Å². The summed E-state index contributed by atoms with van der Waals surface area (Å²) in [7, 11) is 0. The van der Waals surface area contributed by atoms with Crippen molar-refractivity contribution in [3.05, 3.63) is 143 Å². The van der Waals surface area contributed by atoms with E-state index in [1.54, 1.807) is 6.07 Å². The third-order valence-electron chi connectivity index (χ3n) is 8.90. The van der Waals surface area contributed by atoms with Crippen LogP contribution in [0.25, 0.3) is 0 Å². The van der Waals surface area contributed by atoms with Gasteiger partial charge in [0.1, 0.15) is 17.8 Å². The zero-order valence-electron chi connectivity index (χ0n) is 28.5. The Balaban J connectivity index is 1.46. The molecule has 0 aliphatic carbocycles. The molecule has 0 spiro atoms. The Kier molecular flexibility index (Phi) is 9.72. The van der Waals surface area contributed by atoms with Gasteiger partial charge in [-0.1, -0.05) is 103 Å². The lowest BCUT2D eigenvalue weighted by molar-refractivity contribution is -0.157. The summed E-state index contributed by atoms with van der Waals surface area (Å²) in [5, 5.41) is 0. The van der Waals surface area contributed by atoms with Gasteiger partial charge < -0.3 is 24.0 Å². The first-order chi connectivity index (χ1) is 23.0. The summed E-state index contributed by atoms with van der Waals surface area (Å²) in [4.78, 5) is 32.2. The van der Waals surface area contributed by atoms with Gasteiger partial charge in [-0.2, -0.15) is 0 Å². The number of hydrogen-bond acceptors (Lipinski definition) is 5. The van der Waals surface area contributed by atoms with E-state index >= 15 is 4.79 Å². The molecule has 2 amide bonds. The summed E-state index contributed by atoms with van der Waals surface area (Å²) in [6.07, 6.45) is 0.392. The summed E-state index contributed by atoms with van der Waals surface area (Å²) in [6, 6.07) is 37.3. The van der Waals surface area contributed by atoms with Crippen LogP contribution < -0.4 is 0 Å². The van der Waals surface area contributed by atoms with Crippen LogP contribution in [0.1, 0.15) is 67.2 Å². The molecule has 0 bridgehead atoms. The molecule has 2 saturated heterocycles. The van der Waals surface area contributed by atoms with Crippen LogP contribution in [0.15, 0.2) is 115 Å². The second kappa shape index (κ2) is 14.0. The summed E-state index contributed by atoms with van der Waals surface area (Å²) >= 11 is 0. The highest BCUT2D eigenvalue weighted by Gasteiger charge is 2.55. The molecule has 2 aliphatic heterocycles. The van der Waals surface area contributed by atoms with Gasteiger partial charge in [0.25, 0.3) is 0 Å². The molecule has 2 fully saturated rings. The first kappa shape index (κ1) is 33.4. The van der Waals surface area contributed by atoms with E-state index in [0.717, 1.165) is 22.3 Å². The highest BCUT2D eigenvalue weighted by molar-refractivity contribution is 5.90. The second-order valence-corrected chi connectivity index (χ2v) is 14.3. The van der Waals surface area contributed by atoms with Gasteiger partial charge in [-0.3, -0.25) is 0 Å². The highest BCUT2D eigenvalue weighted by atomic mass is 16.8. The molecule has 2 heterocycles. The highest BCUT2D eigenvalue weighted by Crippen LogP contribution is 2.40. The van der Waals surface area contributed by atoms with Crippen LogP contribution in [-0.4, -0.2) is 57.5 Å². The van der Waals surface area contributed by atoms with E-state index in [-0.39, 0.29) is 30.8 Å². The number of carbonyl (C=O) groups excluding carboxylic acids is 2. The number of amides is 2. The maximum absolute atomic E-state index is 15.2. The third-order valence-corrected chi connectivity index (χ3v) is 8.90. The normalized spacial score (nSPS) is 22.2. The largest absolute Gasteiger partial charge is 0.456 e. The number of nitrogens with zero attached hydrogens (tertiary/aromatic N) is 2. The number of hydrogen-bond donors (Lipinski definition) is 0. The Morgan fingerprint density at radius 2 is 1.10 bits per heavy atom. The molecule has 250 valence electrons. The average molecular weight is 647 g/mol. The zero-order chi connectivity index (χ0) is 33.9. The third kappa shape index (κ3) is 7.97. The molecule has 0 N–H and O–H groups in total. The van der Waals surface area contributed by atoms with Crippen LogP contribution in [0.2, 0.25) is 0 Å². The first-order valence-electron chi connectivity index (χ1n) is 16.8. The summed E-state index contributed by atoms with van der Waals surface area (Å²) in [5.41, 5.74) is 3.92. The summed E-state index contributed by atoms with van der Waals surface area (Å²) in [6.45, 7) is 10.2. The molecule has 48 heavy (non-hydrogen) atoms. The van der Waals surface area contributed by atoms with Gasteiger partial charge in [-0.05, 0) is 81.8 Å². The number of fused-ring (bicyclic) bond motifs is 1. The van der Waals surface area contributed by atoms with Crippen molar-refractivity contribution in [2.24, 2.45) is 0 Å². The van der Waals surface area contributed by atoms with Crippen LogP contribution in [0.4, 0.5) is 4.79 Å². The fourth-order valence-electron chi connectivity index (χ4n) is 6.86. The standard InChI is InChI=1S/C41H46N2O5/c1-40(2,3)48-38(44)33-23-15-22-32(24-33)28-43-35(26-30-18-11-7-12-19-30)37-36(46-41(4,5)47-37)34(25-29-16-9-6-10-17-29)42(39(43)45)27-31-20-13-8-14-21-31/h6-24,34-37H,25-28H2,1-5H3/t34-,35-,36+,37+/m1/s1. The fourth-order valence-corrected chi connectivity index (χ4v) is 6.86. The molecule has 2 aliphatic rings. The average Bonchev–Trinajstić information content (AvgIpc) is 3.36. The lowest BCUT2D eigenvalue weighted by atomic mass is 9.91. The fraction of sp³-hybridized carbons (Fsp3) is 0.366. The number of carbonyl (C=O) groups is 2. The summed E-state index contributed by atoms with van der Waals surface area (Å²) < 4.78 is 19.3. The first-order valence-corrected chi connectivity index (χ1v) is 16.8. The lowest BCUT2D eigenvalue weighted by Crippen LogP contribution is -2.51. The quantitative estimate of drug-likeness (QED) is 0.174. The van der Waals surface area contributed by atoms with Gasteiger partial charge in [0.05, 0.1) is 17.6 Å². The molecule has 4 aromatic carbocycles. The number of benzene rings is 4. The number of esters is 1. The Morgan fingerprint density at radius 1 is 0.667 bits per heavy atom.